The topological polar surface area (TPSA) is 106 Å². The number of carbonyl (C=O) groups is 3. The number of rotatable bonds is 5. The van der Waals surface area contributed by atoms with E-state index < -0.39 is 22.8 Å². The van der Waals surface area contributed by atoms with Gasteiger partial charge in [-0.15, -0.1) is 5.06 Å². The van der Waals surface area contributed by atoms with Crippen LogP contribution < -0.4 is 0 Å². The fraction of sp³-hybridized carbons (Fsp3) is 0.483. The largest absolute Gasteiger partial charge is 0.527 e. The molecular formula is C29H32N2O7. The van der Waals surface area contributed by atoms with Crippen LogP contribution in [-0.4, -0.2) is 65.9 Å². The third-order valence-electron chi connectivity index (χ3n) is 8.59. The highest BCUT2D eigenvalue weighted by atomic mass is 16.8. The van der Waals surface area contributed by atoms with E-state index in [4.69, 9.17) is 14.3 Å². The maximum absolute atomic E-state index is 13.8. The number of hydrogen-bond donors (Lipinski definition) is 1. The Balaban J connectivity index is 1.12. The summed E-state index contributed by atoms with van der Waals surface area (Å²) in [6.07, 6.45) is 2.23. The van der Waals surface area contributed by atoms with Gasteiger partial charge in [0.25, 0.3) is 0 Å². The van der Waals surface area contributed by atoms with Crippen molar-refractivity contribution in [3.63, 3.8) is 0 Å². The molecule has 0 aromatic heterocycles. The predicted molar refractivity (Wildman–Crippen MR) is 135 cm³/mol. The van der Waals surface area contributed by atoms with Gasteiger partial charge in [-0.1, -0.05) is 42.5 Å². The molecule has 200 valence electrons. The number of amides is 1. The van der Waals surface area contributed by atoms with Crippen molar-refractivity contribution >= 4 is 18.0 Å². The van der Waals surface area contributed by atoms with E-state index in [9.17, 15) is 19.5 Å². The lowest BCUT2D eigenvalue weighted by Crippen LogP contribution is -2.43. The Labute approximate surface area is 221 Å². The molecule has 3 fully saturated rings. The minimum absolute atomic E-state index is 0.0747. The van der Waals surface area contributed by atoms with Crippen molar-refractivity contribution in [1.82, 2.24) is 9.96 Å². The van der Waals surface area contributed by atoms with Crippen LogP contribution in [0.2, 0.25) is 0 Å². The van der Waals surface area contributed by atoms with Crippen LogP contribution in [0.15, 0.2) is 48.5 Å². The van der Waals surface area contributed by atoms with Crippen molar-refractivity contribution in [2.75, 3.05) is 32.8 Å². The van der Waals surface area contributed by atoms with Crippen LogP contribution in [0, 0.1) is 0 Å². The Morgan fingerprint density at radius 3 is 2.32 bits per heavy atom. The number of hydrogen-bond acceptors (Lipinski definition) is 8. The van der Waals surface area contributed by atoms with Crippen molar-refractivity contribution in [1.29, 1.82) is 0 Å². The molecule has 9 heteroatoms. The van der Waals surface area contributed by atoms with Crippen LogP contribution in [0.3, 0.4) is 0 Å². The van der Waals surface area contributed by atoms with E-state index in [-0.39, 0.29) is 18.5 Å². The molecule has 1 saturated carbocycles. The fourth-order valence-corrected chi connectivity index (χ4v) is 6.24. The predicted octanol–water partition coefficient (Wildman–Crippen LogP) is 3.39. The lowest BCUT2D eigenvalue weighted by Gasteiger charge is -2.37. The van der Waals surface area contributed by atoms with Gasteiger partial charge in [-0.3, -0.25) is 4.79 Å². The van der Waals surface area contributed by atoms with E-state index in [1.54, 1.807) is 13.0 Å². The van der Waals surface area contributed by atoms with Gasteiger partial charge in [-0.25, -0.2) is 9.59 Å². The highest BCUT2D eigenvalue weighted by Gasteiger charge is 2.57. The molecule has 0 radical (unpaired) electrons. The Bertz CT molecular complexity index is 1260. The van der Waals surface area contributed by atoms with Crippen LogP contribution >= 0.6 is 0 Å². The van der Waals surface area contributed by atoms with Gasteiger partial charge >= 0.3 is 12.1 Å². The number of benzene rings is 2. The van der Waals surface area contributed by atoms with Gasteiger partial charge in [0, 0.05) is 31.6 Å². The third kappa shape index (κ3) is 4.05. The Morgan fingerprint density at radius 1 is 0.947 bits per heavy atom. The summed E-state index contributed by atoms with van der Waals surface area (Å²) in [6.45, 7) is 3.66. The maximum atomic E-state index is 13.8. The molecule has 1 N–H and O–H groups in total. The Morgan fingerprint density at radius 2 is 1.63 bits per heavy atom. The first-order chi connectivity index (χ1) is 18.3. The van der Waals surface area contributed by atoms with E-state index in [2.05, 4.69) is 0 Å². The standard InChI is InChI=1S/C29H32N2O7/c1-2-36-26(34)38-31-17-13-28(35,14-18-31)21-9-7-20(8-10-21)27(11-12-27)25(33)30-16-15-29(19-30)23-6-4-3-5-22(23)24(32)37-29/h3-10,35H,2,11-19H2,1H3. The molecule has 3 heterocycles. The molecule has 3 aliphatic heterocycles. The summed E-state index contributed by atoms with van der Waals surface area (Å²) in [6, 6.07) is 15.2. The highest BCUT2D eigenvalue weighted by Crippen LogP contribution is 2.52. The van der Waals surface area contributed by atoms with Crippen LogP contribution in [0.4, 0.5) is 4.79 Å². The second kappa shape index (κ2) is 9.10. The van der Waals surface area contributed by atoms with E-state index >= 15 is 0 Å². The zero-order chi connectivity index (χ0) is 26.5. The molecule has 2 saturated heterocycles. The van der Waals surface area contributed by atoms with Crippen LogP contribution in [0.1, 0.15) is 66.1 Å². The van der Waals surface area contributed by atoms with Gasteiger partial charge in [0.05, 0.1) is 29.7 Å². The molecule has 1 aliphatic carbocycles. The maximum Gasteiger partial charge on any atom is 0.527 e. The van der Waals surface area contributed by atoms with Gasteiger partial charge in [0.1, 0.15) is 0 Å². The average Bonchev–Trinajstić information content (AvgIpc) is 3.56. The van der Waals surface area contributed by atoms with Crippen LogP contribution in [0.5, 0.6) is 0 Å². The molecule has 0 bridgehead atoms. The molecule has 2 aromatic carbocycles. The summed E-state index contributed by atoms with van der Waals surface area (Å²) in [5.41, 5.74) is 0.854. The van der Waals surface area contributed by atoms with Gasteiger partial charge in [-0.2, -0.15) is 0 Å². The molecule has 1 atom stereocenters. The zero-order valence-corrected chi connectivity index (χ0v) is 21.5. The van der Waals surface area contributed by atoms with Crippen LogP contribution in [-0.2, 0) is 35.7 Å². The summed E-state index contributed by atoms with van der Waals surface area (Å²) in [7, 11) is 0. The molecule has 1 amide bonds. The van der Waals surface area contributed by atoms with E-state index in [1.165, 1.54) is 5.06 Å². The number of fused-ring (bicyclic) bond motifs is 2. The number of piperidine rings is 1. The van der Waals surface area contributed by atoms with Gasteiger partial charge in [-0.05, 0) is 49.8 Å². The van der Waals surface area contributed by atoms with Crippen molar-refractivity contribution < 1.29 is 33.8 Å². The van der Waals surface area contributed by atoms with Crippen molar-refractivity contribution in [3.8, 4) is 0 Å². The van der Waals surface area contributed by atoms with Crippen molar-refractivity contribution in [2.24, 2.45) is 0 Å². The summed E-state index contributed by atoms with van der Waals surface area (Å²) < 4.78 is 10.7. The van der Waals surface area contributed by atoms with Gasteiger partial charge < -0.3 is 24.3 Å². The molecular weight excluding hydrogens is 488 g/mol. The molecule has 9 nitrogen and oxygen atoms in total. The summed E-state index contributed by atoms with van der Waals surface area (Å²) in [4.78, 5) is 44.8. The second-order valence-electron chi connectivity index (χ2n) is 10.8. The lowest BCUT2D eigenvalue weighted by atomic mass is 9.83. The Hall–Kier alpha value is -3.43. The van der Waals surface area contributed by atoms with Crippen LogP contribution in [0.25, 0.3) is 0 Å². The zero-order valence-electron chi connectivity index (χ0n) is 21.5. The van der Waals surface area contributed by atoms with Gasteiger partial charge in [0.15, 0.2) is 5.60 Å². The normalized spacial score (nSPS) is 25.1. The molecule has 1 spiro atoms. The highest BCUT2D eigenvalue weighted by molar-refractivity contribution is 5.96. The molecule has 4 aliphatic rings. The fourth-order valence-electron chi connectivity index (χ4n) is 6.24. The molecule has 2 aromatic rings. The number of likely N-dealkylation sites (tertiary alicyclic amines) is 1. The quantitative estimate of drug-likeness (QED) is 0.599. The van der Waals surface area contributed by atoms with E-state index in [0.717, 1.165) is 29.5 Å². The number of ether oxygens (including phenoxy) is 2. The minimum atomic E-state index is -1.03. The summed E-state index contributed by atoms with van der Waals surface area (Å²) in [5.74, 6) is -0.242. The average molecular weight is 521 g/mol. The third-order valence-corrected chi connectivity index (χ3v) is 8.59. The summed E-state index contributed by atoms with van der Waals surface area (Å²) >= 11 is 0. The SMILES string of the molecule is CCOC(=O)ON1CCC(O)(c2ccc(C3(C(=O)N4CCC5(C4)OC(=O)c4ccccc45)CC3)cc2)CC1. The monoisotopic (exact) mass is 520 g/mol. The lowest BCUT2D eigenvalue weighted by molar-refractivity contribution is -0.168. The Kier molecular flexibility index (Phi) is 5.96. The van der Waals surface area contributed by atoms with Gasteiger partial charge in [0.2, 0.25) is 5.91 Å². The molecule has 1 unspecified atom stereocenters. The smallest absolute Gasteiger partial charge is 0.449 e. The van der Waals surface area contributed by atoms with E-state index in [0.29, 0.717) is 51.0 Å². The summed E-state index contributed by atoms with van der Waals surface area (Å²) in [5, 5.41) is 12.8. The first-order valence-corrected chi connectivity index (χ1v) is 13.3. The van der Waals surface area contributed by atoms with Crippen molar-refractivity contribution in [3.05, 3.63) is 70.8 Å². The number of nitrogens with zero attached hydrogens (tertiary/aromatic N) is 2. The first-order valence-electron chi connectivity index (χ1n) is 13.3. The molecule has 38 heavy (non-hydrogen) atoms. The van der Waals surface area contributed by atoms with Crippen molar-refractivity contribution in [2.45, 2.75) is 55.6 Å². The second-order valence-corrected chi connectivity index (χ2v) is 10.8. The minimum Gasteiger partial charge on any atom is -0.449 e. The number of carbonyl (C=O) groups excluding carboxylic acids is 3. The number of esters is 1. The van der Waals surface area contributed by atoms with E-state index in [1.807, 2.05) is 47.4 Å². The molecule has 6 rings (SSSR count). The number of hydroxylamine groups is 2. The number of aliphatic hydroxyl groups is 1. The first kappa shape index (κ1) is 24.9.